The molecule has 0 bridgehead atoms. The minimum absolute atomic E-state index is 0.197. The van der Waals surface area contributed by atoms with Gasteiger partial charge in [-0.1, -0.05) is 103 Å². The zero-order chi connectivity index (χ0) is 24.3. The predicted octanol–water partition coefficient (Wildman–Crippen LogP) is 9.32. The standard InChI is InChI=1S/C34H22N2S/c1-2-10-23(11-3-1)33-31-24-13-5-4-9-21(24)17-19-27(31)35-34(36-33)26-15-8-12-22-18-20-29-32(30(22)26)25-14-6-7-16-28(25)37-29/h1-20,34-35H. The summed E-state index contributed by atoms with van der Waals surface area (Å²) in [6, 6.07) is 43.5. The molecule has 0 fully saturated rings. The largest absolute Gasteiger partial charge is 0.359 e. The lowest BCUT2D eigenvalue weighted by Gasteiger charge is -2.28. The highest BCUT2D eigenvalue weighted by Crippen LogP contribution is 2.43. The summed E-state index contributed by atoms with van der Waals surface area (Å²) < 4.78 is 2.64. The summed E-state index contributed by atoms with van der Waals surface area (Å²) in [6.45, 7) is 0. The van der Waals surface area contributed by atoms with Crippen LogP contribution in [0.25, 0.3) is 41.7 Å². The van der Waals surface area contributed by atoms with Crippen molar-refractivity contribution in [3.8, 4) is 0 Å². The molecule has 1 unspecified atom stereocenters. The van der Waals surface area contributed by atoms with E-state index in [4.69, 9.17) is 4.99 Å². The first-order chi connectivity index (χ1) is 18.3. The minimum Gasteiger partial charge on any atom is -0.359 e. The second kappa shape index (κ2) is 8.02. The van der Waals surface area contributed by atoms with Gasteiger partial charge >= 0.3 is 0 Å². The maximum atomic E-state index is 5.44. The van der Waals surface area contributed by atoms with Crippen LogP contribution in [0.15, 0.2) is 126 Å². The topological polar surface area (TPSA) is 24.4 Å². The Kier molecular flexibility index (Phi) is 4.49. The average Bonchev–Trinajstić information content (AvgIpc) is 3.35. The highest BCUT2D eigenvalue weighted by atomic mass is 32.1. The number of anilines is 1. The third kappa shape index (κ3) is 3.14. The molecule has 37 heavy (non-hydrogen) atoms. The van der Waals surface area contributed by atoms with E-state index in [1.807, 2.05) is 11.3 Å². The summed E-state index contributed by atoms with van der Waals surface area (Å²) in [7, 11) is 0. The average molecular weight is 491 g/mol. The van der Waals surface area contributed by atoms with Crippen LogP contribution in [0.4, 0.5) is 5.69 Å². The molecule has 0 saturated heterocycles. The third-order valence-electron chi connectivity index (χ3n) is 7.47. The van der Waals surface area contributed by atoms with Gasteiger partial charge in [-0.05, 0) is 39.7 Å². The van der Waals surface area contributed by atoms with Crippen LogP contribution in [0, 0.1) is 0 Å². The van der Waals surface area contributed by atoms with Gasteiger partial charge < -0.3 is 5.32 Å². The molecule has 3 heteroatoms. The molecular weight excluding hydrogens is 468 g/mol. The van der Waals surface area contributed by atoms with Gasteiger partial charge in [-0.25, -0.2) is 0 Å². The minimum atomic E-state index is -0.197. The summed E-state index contributed by atoms with van der Waals surface area (Å²) in [5.74, 6) is 0. The van der Waals surface area contributed by atoms with Gasteiger partial charge in [0.05, 0.1) is 5.71 Å². The summed E-state index contributed by atoms with van der Waals surface area (Å²) in [5, 5.41) is 11.4. The van der Waals surface area contributed by atoms with Crippen molar-refractivity contribution < 1.29 is 0 Å². The van der Waals surface area contributed by atoms with Gasteiger partial charge in [0.1, 0.15) is 6.17 Å². The molecule has 1 aliphatic rings. The van der Waals surface area contributed by atoms with Crippen LogP contribution >= 0.6 is 11.3 Å². The smallest absolute Gasteiger partial charge is 0.146 e. The van der Waals surface area contributed by atoms with Crippen molar-refractivity contribution >= 4 is 64.5 Å². The molecule has 1 atom stereocenters. The zero-order valence-corrected chi connectivity index (χ0v) is 20.8. The molecule has 6 aromatic carbocycles. The number of hydrogen-bond donors (Lipinski definition) is 1. The number of hydrogen-bond acceptors (Lipinski definition) is 3. The summed E-state index contributed by atoms with van der Waals surface area (Å²) in [6.07, 6.45) is -0.197. The van der Waals surface area contributed by atoms with Crippen LogP contribution in [-0.2, 0) is 0 Å². The first-order valence-electron chi connectivity index (χ1n) is 12.6. The van der Waals surface area contributed by atoms with E-state index < -0.39 is 0 Å². The third-order valence-corrected chi connectivity index (χ3v) is 8.61. The fraction of sp³-hybridized carbons (Fsp3) is 0.0294. The van der Waals surface area contributed by atoms with Crippen LogP contribution in [-0.4, -0.2) is 5.71 Å². The normalized spacial score (nSPS) is 15.1. The molecule has 0 amide bonds. The van der Waals surface area contributed by atoms with Crippen molar-refractivity contribution in [3.63, 3.8) is 0 Å². The molecule has 174 valence electrons. The second-order valence-electron chi connectivity index (χ2n) is 9.58. The highest BCUT2D eigenvalue weighted by molar-refractivity contribution is 7.26. The van der Waals surface area contributed by atoms with E-state index in [1.165, 1.54) is 52.8 Å². The van der Waals surface area contributed by atoms with Gasteiger partial charge in [0.25, 0.3) is 0 Å². The van der Waals surface area contributed by atoms with Crippen LogP contribution in [0.3, 0.4) is 0 Å². The van der Waals surface area contributed by atoms with Crippen LogP contribution in [0.2, 0.25) is 0 Å². The van der Waals surface area contributed by atoms with E-state index >= 15 is 0 Å². The van der Waals surface area contributed by atoms with Gasteiger partial charge in [-0.3, -0.25) is 4.99 Å². The molecule has 8 rings (SSSR count). The van der Waals surface area contributed by atoms with E-state index in [-0.39, 0.29) is 6.17 Å². The fourth-order valence-electron chi connectivity index (χ4n) is 5.83. The first kappa shape index (κ1) is 20.7. The Morgan fingerprint density at radius 2 is 1.32 bits per heavy atom. The predicted molar refractivity (Wildman–Crippen MR) is 159 cm³/mol. The van der Waals surface area contributed by atoms with Crippen molar-refractivity contribution in [2.45, 2.75) is 6.17 Å². The number of aliphatic imine (C=N–C) groups is 1. The fourth-order valence-corrected chi connectivity index (χ4v) is 6.95. The van der Waals surface area contributed by atoms with Crippen molar-refractivity contribution in [3.05, 3.63) is 138 Å². The lowest BCUT2D eigenvalue weighted by atomic mass is 9.91. The molecule has 0 spiro atoms. The van der Waals surface area contributed by atoms with E-state index in [1.54, 1.807) is 0 Å². The van der Waals surface area contributed by atoms with Crippen LogP contribution in [0.5, 0.6) is 0 Å². The number of rotatable bonds is 2. The maximum Gasteiger partial charge on any atom is 0.146 e. The lowest BCUT2D eigenvalue weighted by Crippen LogP contribution is -2.21. The molecule has 7 aromatic rings. The molecule has 2 nitrogen and oxygen atoms in total. The molecule has 2 heterocycles. The quantitative estimate of drug-likeness (QED) is 0.256. The van der Waals surface area contributed by atoms with Crippen molar-refractivity contribution in [2.75, 3.05) is 5.32 Å². The first-order valence-corrected chi connectivity index (χ1v) is 13.4. The SMILES string of the molecule is c1ccc(C2=NC(c3cccc4ccc5sc6ccccc6c5c34)Nc3ccc4ccccc4c32)cc1. The van der Waals surface area contributed by atoms with E-state index in [9.17, 15) is 0 Å². The van der Waals surface area contributed by atoms with Crippen LogP contribution < -0.4 is 5.32 Å². The van der Waals surface area contributed by atoms with Gasteiger partial charge in [-0.2, -0.15) is 0 Å². The highest BCUT2D eigenvalue weighted by Gasteiger charge is 2.26. The van der Waals surface area contributed by atoms with Gasteiger partial charge in [-0.15, -0.1) is 11.3 Å². The molecule has 1 N–H and O–H groups in total. The molecule has 0 aliphatic carbocycles. The Balaban J connectivity index is 1.44. The molecular formula is C34H22N2S. The number of nitrogens with zero attached hydrogens (tertiary/aromatic N) is 1. The van der Waals surface area contributed by atoms with Gasteiger partial charge in [0.15, 0.2) is 0 Å². The van der Waals surface area contributed by atoms with E-state index in [0.29, 0.717) is 0 Å². The van der Waals surface area contributed by atoms with Crippen molar-refractivity contribution in [1.82, 2.24) is 0 Å². The van der Waals surface area contributed by atoms with Crippen molar-refractivity contribution in [1.29, 1.82) is 0 Å². The zero-order valence-electron chi connectivity index (χ0n) is 20.0. The number of thiophene rings is 1. The van der Waals surface area contributed by atoms with Gasteiger partial charge in [0.2, 0.25) is 0 Å². The molecule has 0 saturated carbocycles. The number of nitrogens with one attached hydrogen (secondary N) is 1. The Labute approximate surface area is 218 Å². The second-order valence-corrected chi connectivity index (χ2v) is 10.7. The Hall–Kier alpha value is -4.47. The Bertz CT molecular complexity index is 2020. The molecule has 1 aliphatic heterocycles. The van der Waals surface area contributed by atoms with E-state index in [0.717, 1.165) is 17.0 Å². The molecule has 0 radical (unpaired) electrons. The van der Waals surface area contributed by atoms with E-state index in [2.05, 4.69) is 127 Å². The number of benzene rings is 6. The molecule has 1 aromatic heterocycles. The summed E-state index contributed by atoms with van der Waals surface area (Å²) in [5.41, 5.74) is 5.68. The van der Waals surface area contributed by atoms with Gasteiger partial charge in [0, 0.05) is 42.6 Å². The lowest BCUT2D eigenvalue weighted by molar-refractivity contribution is 0.838. The maximum absolute atomic E-state index is 5.44. The summed E-state index contributed by atoms with van der Waals surface area (Å²) in [4.78, 5) is 5.44. The van der Waals surface area contributed by atoms with Crippen molar-refractivity contribution in [2.24, 2.45) is 4.99 Å². The summed E-state index contributed by atoms with van der Waals surface area (Å²) >= 11 is 1.86. The monoisotopic (exact) mass is 490 g/mol. The van der Waals surface area contributed by atoms with Crippen LogP contribution in [0.1, 0.15) is 22.9 Å². The Morgan fingerprint density at radius 3 is 2.24 bits per heavy atom. The Morgan fingerprint density at radius 1 is 0.568 bits per heavy atom. The number of fused-ring (bicyclic) bond motifs is 8.